The van der Waals surface area contributed by atoms with Gasteiger partial charge in [0.15, 0.2) is 0 Å². The molecular weight excluding hydrogens is 222 g/mol. The summed E-state index contributed by atoms with van der Waals surface area (Å²) in [5.41, 5.74) is 8.00. The summed E-state index contributed by atoms with van der Waals surface area (Å²) in [6.07, 6.45) is 8.76. The van der Waals surface area contributed by atoms with E-state index in [1.54, 1.807) is 0 Å². The quantitative estimate of drug-likeness (QED) is 0.884. The van der Waals surface area contributed by atoms with Crippen LogP contribution in [0, 0.1) is 11.3 Å². The van der Waals surface area contributed by atoms with Crippen LogP contribution in [0.15, 0.2) is 12.5 Å². The zero-order valence-electron chi connectivity index (χ0n) is 12.2. The summed E-state index contributed by atoms with van der Waals surface area (Å²) in [7, 11) is 0. The Kier molecular flexibility index (Phi) is 3.81. The van der Waals surface area contributed by atoms with E-state index in [1.165, 1.54) is 25.0 Å². The topological polar surface area (TPSA) is 43.8 Å². The number of rotatable bonds is 4. The van der Waals surface area contributed by atoms with Gasteiger partial charge in [-0.15, -0.1) is 0 Å². The van der Waals surface area contributed by atoms with Gasteiger partial charge in [-0.1, -0.05) is 27.7 Å². The van der Waals surface area contributed by atoms with Crippen LogP contribution < -0.4 is 5.73 Å². The third-order valence-electron chi connectivity index (χ3n) is 4.14. The minimum Gasteiger partial charge on any atom is -0.330 e. The van der Waals surface area contributed by atoms with E-state index in [4.69, 9.17) is 5.73 Å². The van der Waals surface area contributed by atoms with Crippen molar-refractivity contribution < 1.29 is 0 Å². The minimum atomic E-state index is 0.121. The Morgan fingerprint density at radius 1 is 1.50 bits per heavy atom. The largest absolute Gasteiger partial charge is 0.330 e. The molecule has 3 nitrogen and oxygen atoms in total. The molecule has 2 N–H and O–H groups in total. The Morgan fingerprint density at radius 3 is 2.78 bits per heavy atom. The second kappa shape index (κ2) is 5.04. The summed E-state index contributed by atoms with van der Waals surface area (Å²) in [6.45, 7) is 9.16. The van der Waals surface area contributed by atoms with Crippen molar-refractivity contribution in [1.29, 1.82) is 0 Å². The lowest BCUT2D eigenvalue weighted by Gasteiger charge is -2.22. The highest BCUT2D eigenvalue weighted by molar-refractivity contribution is 5.07. The van der Waals surface area contributed by atoms with E-state index in [9.17, 15) is 0 Å². The van der Waals surface area contributed by atoms with Gasteiger partial charge in [-0.3, -0.25) is 0 Å². The van der Waals surface area contributed by atoms with E-state index in [0.717, 1.165) is 6.42 Å². The first kappa shape index (κ1) is 13.6. The van der Waals surface area contributed by atoms with Crippen LogP contribution in [-0.2, 0) is 0 Å². The maximum absolute atomic E-state index is 6.32. The molecule has 0 bridgehead atoms. The fourth-order valence-electron chi connectivity index (χ4n) is 3.17. The first-order chi connectivity index (χ1) is 8.39. The van der Waals surface area contributed by atoms with Gasteiger partial charge in [-0.25, -0.2) is 4.98 Å². The van der Waals surface area contributed by atoms with Crippen LogP contribution in [0.2, 0.25) is 0 Å². The van der Waals surface area contributed by atoms with Crippen LogP contribution in [0.5, 0.6) is 0 Å². The molecule has 1 heterocycles. The number of nitrogens with two attached hydrogens (primary N) is 1. The smallest absolute Gasteiger partial charge is 0.0951 e. The summed E-state index contributed by atoms with van der Waals surface area (Å²) in [6, 6.07) is 0.715. The first-order valence-corrected chi connectivity index (χ1v) is 7.16. The van der Waals surface area contributed by atoms with Crippen molar-refractivity contribution in [1.82, 2.24) is 9.55 Å². The number of nitrogens with zero attached hydrogens (tertiary/aromatic N) is 2. The van der Waals surface area contributed by atoms with Gasteiger partial charge < -0.3 is 10.3 Å². The Labute approximate surface area is 111 Å². The van der Waals surface area contributed by atoms with Crippen molar-refractivity contribution in [2.24, 2.45) is 17.1 Å². The number of aromatic nitrogens is 2. The molecule has 0 amide bonds. The first-order valence-electron chi connectivity index (χ1n) is 7.16. The van der Waals surface area contributed by atoms with E-state index < -0.39 is 0 Å². The average Bonchev–Trinajstić information content (AvgIpc) is 2.82. The normalized spacial score (nSPS) is 24.7. The van der Waals surface area contributed by atoms with Gasteiger partial charge in [0.1, 0.15) is 0 Å². The zero-order valence-corrected chi connectivity index (χ0v) is 12.2. The van der Waals surface area contributed by atoms with Crippen LogP contribution in [-0.4, -0.2) is 9.55 Å². The van der Waals surface area contributed by atoms with Crippen molar-refractivity contribution >= 4 is 0 Å². The lowest BCUT2D eigenvalue weighted by Crippen LogP contribution is -2.19. The molecule has 0 aliphatic heterocycles. The molecule has 1 aliphatic carbocycles. The average molecular weight is 249 g/mol. The number of hydrogen-bond acceptors (Lipinski definition) is 2. The van der Waals surface area contributed by atoms with Crippen LogP contribution in [0.3, 0.4) is 0 Å². The van der Waals surface area contributed by atoms with Gasteiger partial charge in [-0.05, 0) is 37.0 Å². The molecule has 1 aliphatic rings. The predicted molar refractivity (Wildman–Crippen MR) is 75.3 cm³/mol. The lowest BCUT2D eigenvalue weighted by molar-refractivity contribution is 0.353. The Balaban J connectivity index is 2.13. The highest BCUT2D eigenvalue weighted by atomic mass is 15.1. The highest BCUT2D eigenvalue weighted by Crippen LogP contribution is 2.44. The molecule has 2 atom stereocenters. The van der Waals surface area contributed by atoms with Crippen molar-refractivity contribution in [2.45, 2.75) is 65.5 Å². The fourth-order valence-corrected chi connectivity index (χ4v) is 3.17. The van der Waals surface area contributed by atoms with Gasteiger partial charge in [0.25, 0.3) is 0 Å². The van der Waals surface area contributed by atoms with Crippen LogP contribution in [0.1, 0.15) is 71.2 Å². The standard InChI is InChI=1S/C15H27N3/c1-11(2)7-13(16)14-9-17-10-18(14)12-5-6-15(3,4)8-12/h9-13H,5-8,16H2,1-4H3. The Morgan fingerprint density at radius 2 is 2.22 bits per heavy atom. The van der Waals surface area contributed by atoms with Gasteiger partial charge in [0.2, 0.25) is 0 Å². The third kappa shape index (κ3) is 2.94. The summed E-state index contributed by atoms with van der Waals surface area (Å²) < 4.78 is 2.34. The van der Waals surface area contributed by atoms with Crippen LogP contribution >= 0.6 is 0 Å². The number of imidazole rings is 1. The third-order valence-corrected chi connectivity index (χ3v) is 4.14. The molecule has 102 valence electrons. The molecule has 2 unspecified atom stereocenters. The van der Waals surface area contributed by atoms with E-state index in [2.05, 4.69) is 37.2 Å². The summed E-state index contributed by atoms with van der Waals surface area (Å²) in [5, 5.41) is 0. The van der Waals surface area contributed by atoms with E-state index in [0.29, 0.717) is 17.4 Å². The summed E-state index contributed by atoms with van der Waals surface area (Å²) in [4.78, 5) is 4.33. The molecule has 0 radical (unpaired) electrons. The maximum Gasteiger partial charge on any atom is 0.0951 e. The maximum atomic E-state index is 6.32. The van der Waals surface area contributed by atoms with Crippen LogP contribution in [0.25, 0.3) is 0 Å². The van der Waals surface area contributed by atoms with Gasteiger partial charge in [0, 0.05) is 18.3 Å². The summed E-state index contributed by atoms with van der Waals surface area (Å²) >= 11 is 0. The van der Waals surface area contributed by atoms with E-state index in [-0.39, 0.29) is 6.04 Å². The zero-order chi connectivity index (χ0) is 13.3. The SMILES string of the molecule is CC(C)CC(N)c1cncn1C1CCC(C)(C)C1. The molecule has 1 fully saturated rings. The molecule has 1 saturated carbocycles. The predicted octanol–water partition coefficient (Wildman–Crippen LogP) is 3.68. The molecule has 3 heteroatoms. The summed E-state index contributed by atoms with van der Waals surface area (Å²) in [5.74, 6) is 0.628. The van der Waals surface area contributed by atoms with Crippen LogP contribution in [0.4, 0.5) is 0 Å². The fraction of sp³-hybridized carbons (Fsp3) is 0.800. The lowest BCUT2D eigenvalue weighted by atomic mass is 9.91. The van der Waals surface area contributed by atoms with Gasteiger partial charge in [-0.2, -0.15) is 0 Å². The number of hydrogen-bond donors (Lipinski definition) is 1. The highest BCUT2D eigenvalue weighted by Gasteiger charge is 2.33. The minimum absolute atomic E-state index is 0.121. The monoisotopic (exact) mass is 249 g/mol. The molecule has 18 heavy (non-hydrogen) atoms. The molecule has 0 saturated heterocycles. The molecule has 0 spiro atoms. The Hall–Kier alpha value is -0.830. The second-order valence-corrected chi connectivity index (χ2v) is 7.02. The molecule has 0 aromatic carbocycles. The van der Waals surface area contributed by atoms with Gasteiger partial charge in [0.05, 0.1) is 12.0 Å². The van der Waals surface area contributed by atoms with E-state index >= 15 is 0 Å². The Bertz CT molecular complexity index is 392. The van der Waals surface area contributed by atoms with E-state index in [1.807, 2.05) is 12.5 Å². The molecule has 2 rings (SSSR count). The molecular formula is C15H27N3. The molecule has 1 aromatic heterocycles. The van der Waals surface area contributed by atoms with Crippen molar-refractivity contribution in [3.05, 3.63) is 18.2 Å². The molecule has 1 aromatic rings. The van der Waals surface area contributed by atoms with Gasteiger partial charge >= 0.3 is 0 Å². The second-order valence-electron chi connectivity index (χ2n) is 7.02. The van der Waals surface area contributed by atoms with Crippen molar-refractivity contribution in [3.63, 3.8) is 0 Å². The van der Waals surface area contributed by atoms with Crippen molar-refractivity contribution in [2.75, 3.05) is 0 Å². The van der Waals surface area contributed by atoms with Crippen molar-refractivity contribution in [3.8, 4) is 0 Å².